The summed E-state index contributed by atoms with van der Waals surface area (Å²) >= 11 is 0. The van der Waals surface area contributed by atoms with Crippen molar-refractivity contribution in [3.05, 3.63) is 75.9 Å². The third-order valence-corrected chi connectivity index (χ3v) is 10.5. The second-order valence-electron chi connectivity index (χ2n) is 15.1. The number of rotatable bonds is 8. The fourth-order valence-electron chi connectivity index (χ4n) is 7.90. The lowest BCUT2D eigenvalue weighted by Gasteiger charge is -2.41. The number of hydrogen-bond acceptors (Lipinski definition) is 6. The van der Waals surface area contributed by atoms with Crippen molar-refractivity contribution in [2.45, 2.75) is 114 Å². The average molecular weight is 745 g/mol. The average Bonchev–Trinajstić information content (AvgIpc) is 3.06. The van der Waals surface area contributed by atoms with E-state index < -0.39 is 67.9 Å². The van der Waals surface area contributed by atoms with Crippen LogP contribution in [0.25, 0.3) is 0 Å². The van der Waals surface area contributed by atoms with Crippen LogP contribution in [0, 0.1) is 5.41 Å². The van der Waals surface area contributed by atoms with Gasteiger partial charge >= 0.3 is 12.4 Å². The van der Waals surface area contributed by atoms with Crippen molar-refractivity contribution in [1.29, 1.82) is 0 Å². The monoisotopic (exact) mass is 744 g/mol. The van der Waals surface area contributed by atoms with Crippen molar-refractivity contribution in [3.8, 4) is 5.75 Å². The van der Waals surface area contributed by atoms with Gasteiger partial charge in [-0.25, -0.2) is 23.1 Å². The Kier molecular flexibility index (Phi) is 10.5. The van der Waals surface area contributed by atoms with Gasteiger partial charge in [-0.3, -0.25) is 4.98 Å². The van der Waals surface area contributed by atoms with Gasteiger partial charge in [0.2, 0.25) is 11.9 Å². The van der Waals surface area contributed by atoms with Crippen molar-refractivity contribution in [2.24, 2.45) is 5.41 Å². The molecule has 2 aromatic heterocycles. The quantitative estimate of drug-likeness (QED) is 0.232. The van der Waals surface area contributed by atoms with E-state index in [1.807, 2.05) is 18.7 Å². The SMILES string of the molecule is CC1(C)Cc2nc(C3CCN(c4ncc(OCCC(F)(F)F)cn4)CC3)c(C(F)c3ccc(C(F)(F)F)cc3)c(C3CCC(F)(F)CC3)c2C(O)C1. The number of nitrogens with zero attached hydrogens (tertiary/aromatic N) is 4. The number of fused-ring (bicyclic) bond motifs is 1. The van der Waals surface area contributed by atoms with Crippen molar-refractivity contribution < 1.29 is 49.4 Å². The predicted octanol–water partition coefficient (Wildman–Crippen LogP) is 9.96. The van der Waals surface area contributed by atoms with E-state index in [-0.39, 0.29) is 41.1 Å². The number of halogens is 9. The van der Waals surface area contributed by atoms with Crippen LogP contribution in [0.4, 0.5) is 45.5 Å². The van der Waals surface area contributed by atoms with Gasteiger partial charge in [-0.2, -0.15) is 26.3 Å². The summed E-state index contributed by atoms with van der Waals surface area (Å²) in [4.78, 5) is 15.4. The molecule has 3 heterocycles. The Hall–Kier alpha value is -3.62. The molecule has 0 bridgehead atoms. The molecule has 6 rings (SSSR count). The molecule has 2 fully saturated rings. The van der Waals surface area contributed by atoms with Crippen LogP contribution < -0.4 is 9.64 Å². The molecule has 0 radical (unpaired) electrons. The number of alkyl halides is 9. The minimum atomic E-state index is -4.63. The van der Waals surface area contributed by atoms with E-state index in [4.69, 9.17) is 9.72 Å². The highest BCUT2D eigenvalue weighted by Gasteiger charge is 2.44. The van der Waals surface area contributed by atoms with Crippen LogP contribution in [-0.2, 0) is 12.6 Å². The summed E-state index contributed by atoms with van der Waals surface area (Å²) in [6.45, 7) is 4.19. The van der Waals surface area contributed by atoms with E-state index in [1.54, 1.807) is 0 Å². The maximum Gasteiger partial charge on any atom is 0.416 e. The summed E-state index contributed by atoms with van der Waals surface area (Å²) in [5, 5.41) is 11.6. The smallest absolute Gasteiger partial charge is 0.416 e. The third-order valence-electron chi connectivity index (χ3n) is 10.5. The van der Waals surface area contributed by atoms with Gasteiger partial charge < -0.3 is 14.7 Å². The van der Waals surface area contributed by atoms with E-state index in [0.29, 0.717) is 67.2 Å². The number of aromatic nitrogens is 3. The zero-order chi connectivity index (χ0) is 37.6. The summed E-state index contributed by atoms with van der Waals surface area (Å²) in [6.07, 6.45) is -9.52. The number of anilines is 1. The fourth-order valence-corrected chi connectivity index (χ4v) is 7.90. The number of hydrogen-bond donors (Lipinski definition) is 1. The van der Waals surface area contributed by atoms with Crippen molar-refractivity contribution in [3.63, 3.8) is 0 Å². The van der Waals surface area contributed by atoms with E-state index in [1.165, 1.54) is 12.4 Å². The summed E-state index contributed by atoms with van der Waals surface area (Å²) < 4.78 is 129. The van der Waals surface area contributed by atoms with Crippen LogP contribution in [-0.4, -0.2) is 51.9 Å². The second kappa shape index (κ2) is 14.3. The first-order valence-corrected chi connectivity index (χ1v) is 17.5. The van der Waals surface area contributed by atoms with Crippen LogP contribution in [0.15, 0.2) is 36.7 Å². The third kappa shape index (κ3) is 8.60. The van der Waals surface area contributed by atoms with E-state index in [9.17, 15) is 40.2 Å². The number of pyridine rings is 1. The molecule has 1 saturated heterocycles. The Morgan fingerprint density at radius 1 is 0.904 bits per heavy atom. The first-order valence-electron chi connectivity index (χ1n) is 17.5. The molecule has 0 spiro atoms. The van der Waals surface area contributed by atoms with Gasteiger partial charge in [0.05, 0.1) is 42.8 Å². The summed E-state index contributed by atoms with van der Waals surface area (Å²) in [7, 11) is 0. The van der Waals surface area contributed by atoms with Crippen LogP contribution >= 0.6 is 0 Å². The van der Waals surface area contributed by atoms with Gasteiger partial charge in [-0.15, -0.1) is 0 Å². The molecule has 6 nitrogen and oxygen atoms in total. The molecule has 52 heavy (non-hydrogen) atoms. The topological polar surface area (TPSA) is 71.4 Å². The number of benzene rings is 1. The Morgan fingerprint density at radius 3 is 2.10 bits per heavy atom. The van der Waals surface area contributed by atoms with Gasteiger partial charge in [0.25, 0.3) is 0 Å². The normalized spacial score (nSPS) is 21.8. The molecule has 1 N–H and O–H groups in total. The lowest BCUT2D eigenvalue weighted by Crippen LogP contribution is -2.36. The standard InChI is InChI=1S/C37H41F9N4O2/c1-34(2)17-26-29(27(51)18-34)28(21-7-11-35(39,40)12-8-21)30(31(38)22-3-5-24(6-4-22)37(44,45)46)32(49-26)23-9-14-50(15-10-23)33-47-19-25(20-48-33)52-16-13-36(41,42)43/h3-6,19-21,23,27,31,51H,7-18H2,1-2H3. The van der Waals surface area contributed by atoms with Gasteiger partial charge in [-0.05, 0) is 73.1 Å². The van der Waals surface area contributed by atoms with Gasteiger partial charge in [0, 0.05) is 48.7 Å². The molecule has 1 aliphatic heterocycles. The maximum absolute atomic E-state index is 17.2. The number of ether oxygens (including phenoxy) is 1. The molecular formula is C37H41F9N4O2. The van der Waals surface area contributed by atoms with Crippen molar-refractivity contribution in [2.75, 3.05) is 24.6 Å². The molecule has 3 aromatic rings. The van der Waals surface area contributed by atoms with Gasteiger partial charge in [-0.1, -0.05) is 26.0 Å². The molecule has 284 valence electrons. The van der Waals surface area contributed by atoms with Crippen LogP contribution in [0.1, 0.15) is 129 Å². The molecule has 2 unspecified atom stereocenters. The highest BCUT2D eigenvalue weighted by atomic mass is 19.4. The highest BCUT2D eigenvalue weighted by Crippen LogP contribution is 2.52. The minimum absolute atomic E-state index is 0.0348. The van der Waals surface area contributed by atoms with Crippen LogP contribution in [0.5, 0.6) is 5.75 Å². The molecule has 2 aliphatic carbocycles. The Balaban J connectivity index is 1.36. The summed E-state index contributed by atoms with van der Waals surface area (Å²) in [5.41, 5.74) is 0.716. The lowest BCUT2D eigenvalue weighted by molar-refractivity contribution is -0.139. The Labute approximate surface area is 295 Å². The predicted molar refractivity (Wildman–Crippen MR) is 174 cm³/mol. The molecule has 1 saturated carbocycles. The molecular weight excluding hydrogens is 703 g/mol. The highest BCUT2D eigenvalue weighted by molar-refractivity contribution is 5.51. The van der Waals surface area contributed by atoms with E-state index in [2.05, 4.69) is 9.97 Å². The zero-order valence-electron chi connectivity index (χ0n) is 28.8. The largest absolute Gasteiger partial charge is 0.490 e. The second-order valence-corrected chi connectivity index (χ2v) is 15.1. The molecule has 0 amide bonds. The fraction of sp³-hybridized carbons (Fsp3) is 0.595. The zero-order valence-corrected chi connectivity index (χ0v) is 28.8. The maximum atomic E-state index is 17.2. The molecule has 2 atom stereocenters. The van der Waals surface area contributed by atoms with Gasteiger partial charge in [0.15, 0.2) is 11.9 Å². The molecule has 3 aliphatic rings. The van der Waals surface area contributed by atoms with Crippen LogP contribution in [0.2, 0.25) is 0 Å². The minimum Gasteiger partial charge on any atom is -0.490 e. The first-order chi connectivity index (χ1) is 24.3. The van der Waals surface area contributed by atoms with E-state index >= 15 is 4.39 Å². The Morgan fingerprint density at radius 2 is 1.52 bits per heavy atom. The number of aliphatic hydroxyl groups is 1. The van der Waals surface area contributed by atoms with Crippen molar-refractivity contribution >= 4 is 5.95 Å². The number of aliphatic hydroxyl groups excluding tert-OH is 1. The molecule has 1 aromatic carbocycles. The molecule has 15 heteroatoms. The van der Waals surface area contributed by atoms with Crippen molar-refractivity contribution in [1.82, 2.24) is 15.0 Å². The van der Waals surface area contributed by atoms with E-state index in [0.717, 1.165) is 24.3 Å². The lowest BCUT2D eigenvalue weighted by atomic mass is 9.68. The van der Waals surface area contributed by atoms with Gasteiger partial charge in [0.1, 0.15) is 0 Å². The summed E-state index contributed by atoms with van der Waals surface area (Å²) in [6, 6.07) is 3.81. The number of piperidine rings is 1. The summed E-state index contributed by atoms with van der Waals surface area (Å²) in [5.74, 6) is -3.32. The van der Waals surface area contributed by atoms with Crippen LogP contribution in [0.3, 0.4) is 0 Å². The Bertz CT molecular complexity index is 1690. The first kappa shape index (κ1) is 38.1.